The summed E-state index contributed by atoms with van der Waals surface area (Å²) in [6, 6.07) is 0. The second kappa shape index (κ2) is 6.71. The molecule has 5 nitrogen and oxygen atoms in total. The molecule has 1 heterocycles. The van der Waals surface area contributed by atoms with Crippen molar-refractivity contribution in [1.82, 2.24) is 15.1 Å². The van der Waals surface area contributed by atoms with Crippen LogP contribution < -0.4 is 5.32 Å². The monoisotopic (exact) mass is 231 g/mol. The van der Waals surface area contributed by atoms with Crippen molar-refractivity contribution in [2.45, 2.75) is 13.1 Å². The molecule has 1 unspecified atom stereocenters. The summed E-state index contributed by atoms with van der Waals surface area (Å²) in [4.78, 5) is 0. The van der Waals surface area contributed by atoms with Crippen LogP contribution in [0.25, 0.3) is 0 Å². The average Bonchev–Trinajstić information content (AvgIpc) is 2.61. The summed E-state index contributed by atoms with van der Waals surface area (Å²) in [7, 11) is -0.738. The molecule has 1 aromatic heterocycles. The third-order valence-corrected chi connectivity index (χ3v) is 2.69. The van der Waals surface area contributed by atoms with E-state index in [1.54, 1.807) is 17.1 Å². The van der Waals surface area contributed by atoms with Gasteiger partial charge >= 0.3 is 0 Å². The number of aromatic nitrogens is 2. The SMILES string of the molecule is CS(=O)CCNCc1cnn(CCO)c1. The zero-order valence-electron chi connectivity index (χ0n) is 8.85. The lowest BCUT2D eigenvalue weighted by Crippen LogP contribution is -2.19. The molecular formula is C9H17N3O2S. The summed E-state index contributed by atoms with van der Waals surface area (Å²) in [6.45, 7) is 2.10. The van der Waals surface area contributed by atoms with E-state index in [1.165, 1.54) is 0 Å². The van der Waals surface area contributed by atoms with Crippen molar-refractivity contribution >= 4 is 10.8 Å². The Morgan fingerprint density at radius 3 is 3.13 bits per heavy atom. The Bertz CT molecular complexity index is 314. The van der Waals surface area contributed by atoms with Crippen LogP contribution in [0, 0.1) is 0 Å². The van der Waals surface area contributed by atoms with Crippen LogP contribution >= 0.6 is 0 Å². The molecule has 2 N–H and O–H groups in total. The quantitative estimate of drug-likeness (QED) is 0.612. The Balaban J connectivity index is 2.22. The van der Waals surface area contributed by atoms with Gasteiger partial charge in [0.25, 0.3) is 0 Å². The highest BCUT2D eigenvalue weighted by Crippen LogP contribution is 1.96. The molecule has 0 saturated heterocycles. The van der Waals surface area contributed by atoms with Gasteiger partial charge in [-0.2, -0.15) is 5.10 Å². The molecule has 1 aromatic rings. The van der Waals surface area contributed by atoms with Gasteiger partial charge in [0.15, 0.2) is 0 Å². The molecule has 0 aromatic carbocycles. The van der Waals surface area contributed by atoms with Gasteiger partial charge in [0, 0.05) is 47.7 Å². The number of nitrogens with zero attached hydrogens (tertiary/aromatic N) is 2. The van der Waals surface area contributed by atoms with Crippen molar-refractivity contribution in [3.63, 3.8) is 0 Å². The third kappa shape index (κ3) is 5.06. The topological polar surface area (TPSA) is 67.2 Å². The first-order valence-electron chi connectivity index (χ1n) is 4.85. The van der Waals surface area contributed by atoms with Crippen LogP contribution in [-0.2, 0) is 23.9 Å². The minimum atomic E-state index is -0.738. The second-order valence-electron chi connectivity index (χ2n) is 3.29. The van der Waals surface area contributed by atoms with Crippen LogP contribution in [0.15, 0.2) is 12.4 Å². The first-order valence-corrected chi connectivity index (χ1v) is 6.58. The van der Waals surface area contributed by atoms with Crippen molar-refractivity contribution < 1.29 is 9.32 Å². The van der Waals surface area contributed by atoms with Gasteiger partial charge in [-0.05, 0) is 0 Å². The fourth-order valence-electron chi connectivity index (χ4n) is 1.17. The van der Waals surface area contributed by atoms with E-state index in [0.29, 0.717) is 12.3 Å². The molecule has 0 radical (unpaired) electrons. The Morgan fingerprint density at radius 2 is 2.47 bits per heavy atom. The standard InChI is InChI=1S/C9H17N3O2S/c1-15(14)5-2-10-6-9-7-11-12(8-9)3-4-13/h7-8,10,13H,2-6H2,1H3. The van der Waals surface area contributed by atoms with Crippen LogP contribution in [0.2, 0.25) is 0 Å². The molecule has 0 amide bonds. The fourth-order valence-corrected chi connectivity index (χ4v) is 1.60. The number of hydrogen-bond acceptors (Lipinski definition) is 4. The Morgan fingerprint density at radius 1 is 1.67 bits per heavy atom. The van der Waals surface area contributed by atoms with E-state index in [2.05, 4.69) is 10.4 Å². The van der Waals surface area contributed by atoms with Crippen molar-refractivity contribution in [2.75, 3.05) is 25.2 Å². The highest BCUT2D eigenvalue weighted by Gasteiger charge is 1.97. The summed E-state index contributed by atoms with van der Waals surface area (Å²) >= 11 is 0. The van der Waals surface area contributed by atoms with Gasteiger partial charge in [0.2, 0.25) is 0 Å². The highest BCUT2D eigenvalue weighted by molar-refractivity contribution is 7.84. The van der Waals surface area contributed by atoms with Crippen molar-refractivity contribution in [2.24, 2.45) is 0 Å². The van der Waals surface area contributed by atoms with E-state index in [4.69, 9.17) is 5.11 Å². The first-order chi connectivity index (χ1) is 7.22. The predicted octanol–water partition coefficient (Wildman–Crippen LogP) is -0.656. The average molecular weight is 231 g/mol. The smallest absolute Gasteiger partial charge is 0.0640 e. The molecule has 6 heteroatoms. The molecule has 0 aliphatic heterocycles. The molecule has 86 valence electrons. The normalized spacial score (nSPS) is 12.9. The lowest BCUT2D eigenvalue weighted by Gasteiger charge is -2.00. The first kappa shape index (κ1) is 12.4. The van der Waals surface area contributed by atoms with Crippen molar-refractivity contribution in [1.29, 1.82) is 0 Å². The maximum atomic E-state index is 10.8. The minimum Gasteiger partial charge on any atom is -0.394 e. The van der Waals surface area contributed by atoms with E-state index < -0.39 is 10.8 Å². The second-order valence-corrected chi connectivity index (χ2v) is 4.84. The van der Waals surface area contributed by atoms with Gasteiger partial charge in [-0.1, -0.05) is 0 Å². The van der Waals surface area contributed by atoms with Crippen LogP contribution in [-0.4, -0.2) is 44.3 Å². The molecule has 0 saturated carbocycles. The van der Waals surface area contributed by atoms with Gasteiger partial charge in [0.05, 0.1) is 19.3 Å². The van der Waals surface area contributed by atoms with Crippen LogP contribution in [0.1, 0.15) is 5.56 Å². The Labute approximate surface area is 91.9 Å². The fraction of sp³-hybridized carbons (Fsp3) is 0.667. The molecule has 0 bridgehead atoms. The summed E-state index contributed by atoms with van der Waals surface area (Å²) in [5.41, 5.74) is 1.07. The molecular weight excluding hydrogens is 214 g/mol. The Hall–Kier alpha value is -0.720. The van der Waals surface area contributed by atoms with E-state index in [0.717, 1.165) is 18.7 Å². The van der Waals surface area contributed by atoms with Gasteiger partial charge in [-0.15, -0.1) is 0 Å². The van der Waals surface area contributed by atoms with Crippen LogP contribution in [0.4, 0.5) is 0 Å². The van der Waals surface area contributed by atoms with Gasteiger partial charge in [0.1, 0.15) is 0 Å². The molecule has 0 spiro atoms. The molecule has 0 fully saturated rings. The number of hydrogen-bond donors (Lipinski definition) is 2. The summed E-state index contributed by atoms with van der Waals surface area (Å²) in [6.07, 6.45) is 5.36. The van der Waals surface area contributed by atoms with E-state index in [1.807, 2.05) is 6.20 Å². The summed E-state index contributed by atoms with van der Waals surface area (Å²) in [5, 5.41) is 15.9. The number of rotatable bonds is 7. The number of aliphatic hydroxyl groups excluding tert-OH is 1. The van der Waals surface area contributed by atoms with Crippen LogP contribution in [0.3, 0.4) is 0 Å². The zero-order valence-corrected chi connectivity index (χ0v) is 9.66. The zero-order chi connectivity index (χ0) is 11.1. The lowest BCUT2D eigenvalue weighted by molar-refractivity contribution is 0.269. The maximum absolute atomic E-state index is 10.8. The van der Waals surface area contributed by atoms with E-state index in [-0.39, 0.29) is 6.61 Å². The van der Waals surface area contributed by atoms with Gasteiger partial charge in [-0.3, -0.25) is 8.89 Å². The van der Waals surface area contributed by atoms with Gasteiger partial charge in [-0.25, -0.2) is 0 Å². The molecule has 1 rings (SSSR count). The maximum Gasteiger partial charge on any atom is 0.0640 e. The van der Waals surface area contributed by atoms with Gasteiger partial charge < -0.3 is 10.4 Å². The molecule has 15 heavy (non-hydrogen) atoms. The van der Waals surface area contributed by atoms with Crippen LogP contribution in [0.5, 0.6) is 0 Å². The summed E-state index contributed by atoms with van der Waals surface area (Å²) < 4.78 is 12.5. The Kier molecular flexibility index (Phi) is 5.52. The molecule has 1 atom stereocenters. The number of nitrogens with one attached hydrogen (secondary N) is 1. The van der Waals surface area contributed by atoms with E-state index in [9.17, 15) is 4.21 Å². The largest absolute Gasteiger partial charge is 0.394 e. The minimum absolute atomic E-state index is 0.101. The number of aliphatic hydroxyl groups is 1. The lowest BCUT2D eigenvalue weighted by atomic mass is 10.3. The molecule has 0 aliphatic rings. The molecule has 0 aliphatic carbocycles. The summed E-state index contributed by atoms with van der Waals surface area (Å²) in [5.74, 6) is 0.671. The van der Waals surface area contributed by atoms with E-state index >= 15 is 0 Å². The van der Waals surface area contributed by atoms with Crippen molar-refractivity contribution in [3.05, 3.63) is 18.0 Å². The third-order valence-electron chi connectivity index (χ3n) is 1.91. The highest BCUT2D eigenvalue weighted by atomic mass is 32.2. The van der Waals surface area contributed by atoms with Crippen molar-refractivity contribution in [3.8, 4) is 0 Å². The predicted molar refractivity (Wildman–Crippen MR) is 60.0 cm³/mol.